The molecule has 1 heterocycles. The Morgan fingerprint density at radius 2 is 0.704 bits per heavy atom. The molecule has 1 aromatic carbocycles. The molecule has 0 radical (unpaired) electrons. The van der Waals surface area contributed by atoms with Gasteiger partial charge in [-0.3, -0.25) is 71.9 Å². The second kappa shape index (κ2) is 53.0. The van der Waals surface area contributed by atoms with E-state index in [4.69, 9.17) is 34.4 Å². The van der Waals surface area contributed by atoms with Crippen LogP contribution in [0, 0.1) is 35.5 Å². The Balaban J connectivity index is 2.42. The van der Waals surface area contributed by atoms with Crippen LogP contribution in [-0.4, -0.2) is 210 Å². The maximum atomic E-state index is 14.7. The number of carboxylic acid groups (broad SMARTS) is 1. The van der Waals surface area contributed by atoms with E-state index in [9.17, 15) is 77.0 Å². The summed E-state index contributed by atoms with van der Waals surface area (Å²) in [4.78, 5) is 212. The van der Waals surface area contributed by atoms with Crippen LogP contribution < -0.4 is 104 Å². The molecular formula is C79H138N20O16. The Morgan fingerprint density at radius 3 is 1.13 bits per heavy atom. The quantitative estimate of drug-likeness (QED) is 0.0366. The number of hydrogen-bond acceptors (Lipinski definition) is 20. The summed E-state index contributed by atoms with van der Waals surface area (Å²) in [5, 5.41) is 45.4. The highest BCUT2D eigenvalue weighted by Gasteiger charge is 2.40. The van der Waals surface area contributed by atoms with Gasteiger partial charge in [-0.05, 0) is 171 Å². The molecule has 0 aliphatic rings. The highest BCUT2D eigenvalue weighted by Crippen LogP contribution is 2.21. The molecule has 14 amide bonds. The first-order valence-corrected chi connectivity index (χ1v) is 40.8. The van der Waals surface area contributed by atoms with Crippen molar-refractivity contribution in [2.45, 2.75) is 297 Å². The average Bonchev–Trinajstić information content (AvgIpc) is 1.73. The molecule has 1 aromatic heterocycles. The highest BCUT2D eigenvalue weighted by atomic mass is 16.4. The fourth-order valence-electron chi connectivity index (χ4n) is 12.6. The van der Waals surface area contributed by atoms with Gasteiger partial charge in [-0.25, -0.2) is 0 Å². The summed E-state index contributed by atoms with van der Waals surface area (Å²) in [5.74, 6) is -15.6. The minimum absolute atomic E-state index is 0.0246. The number of amides is 14. The van der Waals surface area contributed by atoms with Gasteiger partial charge in [0.2, 0.25) is 82.7 Å². The van der Waals surface area contributed by atoms with Gasteiger partial charge in [0.25, 0.3) is 0 Å². The normalized spacial score (nSPS) is 15.9. The van der Waals surface area contributed by atoms with Gasteiger partial charge in [0.15, 0.2) is 0 Å². The Kier molecular flexibility index (Phi) is 46.8. The van der Waals surface area contributed by atoms with Gasteiger partial charge in [-0.2, -0.15) is 0 Å². The zero-order valence-electron chi connectivity index (χ0n) is 70.0. The van der Waals surface area contributed by atoms with Crippen molar-refractivity contribution in [3.63, 3.8) is 0 Å². The molecule has 115 heavy (non-hydrogen) atoms. The summed E-state index contributed by atoms with van der Waals surface area (Å²) < 4.78 is 0. The molecule has 0 aliphatic carbocycles. The molecule has 17 atom stereocenters. The fourth-order valence-corrected chi connectivity index (χ4v) is 12.6. The van der Waals surface area contributed by atoms with Crippen LogP contribution >= 0.6 is 0 Å². The number of aromatic nitrogens is 1. The number of carboxylic acids is 1. The molecule has 0 saturated carbocycles. The molecule has 0 spiro atoms. The van der Waals surface area contributed by atoms with Crippen LogP contribution in [0.25, 0.3) is 10.9 Å². The summed E-state index contributed by atoms with van der Waals surface area (Å²) in [6, 6.07) is -11.1. The minimum Gasteiger partial charge on any atom is -0.481 e. The van der Waals surface area contributed by atoms with Crippen molar-refractivity contribution < 1.29 is 77.0 Å². The molecule has 27 N–H and O–H groups in total. The molecule has 36 heteroatoms. The summed E-state index contributed by atoms with van der Waals surface area (Å²) in [6.07, 6.45) is 5.62. The number of nitrogens with two attached hydrogens (primary N) is 6. The van der Waals surface area contributed by atoms with Crippen molar-refractivity contribution in [2.24, 2.45) is 69.9 Å². The number of carbonyl (C=O) groups excluding carboxylic acids is 14. The fraction of sp³-hybridized carbons (Fsp3) is 0.709. The van der Waals surface area contributed by atoms with Crippen LogP contribution in [0.15, 0.2) is 30.5 Å². The van der Waals surface area contributed by atoms with Crippen molar-refractivity contribution in [2.75, 3.05) is 26.2 Å². The van der Waals surface area contributed by atoms with E-state index < -0.39 is 197 Å². The first kappa shape index (κ1) is 102. The molecule has 2 aromatic rings. The number of carbonyl (C=O) groups is 15. The van der Waals surface area contributed by atoms with Crippen LogP contribution in [-0.2, 0) is 78.3 Å². The molecule has 0 fully saturated rings. The largest absolute Gasteiger partial charge is 0.481 e. The third kappa shape index (κ3) is 35.3. The maximum absolute atomic E-state index is 14.7. The van der Waals surface area contributed by atoms with Crippen LogP contribution in [0.5, 0.6) is 0 Å². The van der Waals surface area contributed by atoms with Gasteiger partial charge in [-0.15, -0.1) is 0 Å². The Hall–Kier alpha value is -9.39. The van der Waals surface area contributed by atoms with Gasteiger partial charge >= 0.3 is 5.97 Å². The minimum atomic E-state index is -1.87. The van der Waals surface area contributed by atoms with Crippen LogP contribution in [0.2, 0.25) is 0 Å². The van der Waals surface area contributed by atoms with E-state index >= 15 is 0 Å². The summed E-state index contributed by atoms with van der Waals surface area (Å²) in [7, 11) is 0. The Morgan fingerprint density at radius 1 is 0.374 bits per heavy atom. The molecule has 0 unspecified atom stereocenters. The van der Waals surface area contributed by atoms with E-state index in [1.807, 2.05) is 45.0 Å². The van der Waals surface area contributed by atoms with E-state index in [0.717, 1.165) is 10.9 Å². The SMILES string of the molecule is CC[C@H](C)[C@H](N)C(=O)N[C@@H](CCCCN)C(=O)N[C@@H](Cc1c[nH]c2ccccc12)C(=O)N[C@@H](CCCCN)C(=O)N[C@@H](C)C(=O)N[C@H](C(=O)N[C@@H](CC(C)C)C(=O)N[C@@H](CC(=O)O)C(=O)N[C@@H](C)C(=O)N[C@H](C(=O)N[C@@H](CCCCN)C(=O)N[C@@H](CCCCN)C(=O)N[C@H](C(=O)N[C@H](C(N)=O)[C@@H](C)CC)C(C)C)C(C)C)[C@@H](C)CC. The van der Waals surface area contributed by atoms with Crippen molar-refractivity contribution in [1.29, 1.82) is 0 Å². The highest BCUT2D eigenvalue weighted by molar-refractivity contribution is 6.01. The van der Waals surface area contributed by atoms with Gasteiger partial charge in [0.05, 0.1) is 12.5 Å². The van der Waals surface area contributed by atoms with Crippen molar-refractivity contribution in [1.82, 2.24) is 74.1 Å². The topological polar surface area (TPSA) is 605 Å². The third-order valence-corrected chi connectivity index (χ3v) is 20.6. The molecule has 0 saturated heterocycles. The number of aliphatic carboxylic acids is 1. The molecule has 0 aliphatic heterocycles. The van der Waals surface area contributed by atoms with Gasteiger partial charge in [-0.1, -0.05) is 121 Å². The Bertz CT molecular complexity index is 3480. The number of unbranched alkanes of at least 4 members (excludes halogenated alkanes) is 4. The van der Waals surface area contributed by atoms with Crippen molar-refractivity contribution in [3.05, 3.63) is 36.0 Å². The second-order valence-electron chi connectivity index (χ2n) is 31.3. The number of nitrogens with one attached hydrogen (secondary N) is 14. The first-order chi connectivity index (χ1) is 54.2. The van der Waals surface area contributed by atoms with E-state index in [-0.39, 0.29) is 75.9 Å². The average molecular weight is 1620 g/mol. The van der Waals surface area contributed by atoms with Crippen LogP contribution in [0.1, 0.15) is 212 Å². The lowest BCUT2D eigenvalue weighted by Crippen LogP contribution is -2.61. The van der Waals surface area contributed by atoms with Crippen molar-refractivity contribution >= 4 is 99.6 Å². The summed E-state index contributed by atoms with van der Waals surface area (Å²) in [5.41, 5.74) is 36.5. The molecule has 36 nitrogen and oxygen atoms in total. The van der Waals surface area contributed by atoms with Crippen molar-refractivity contribution in [3.8, 4) is 0 Å². The first-order valence-electron chi connectivity index (χ1n) is 40.8. The standard InChI is InChI=1S/C79H138N20O16/c1-15-45(10)61(84)76(112)91-54(31-21-25-35-81)71(107)93-58(39-50-41-86-52-29-19-18-28-51(50)52)75(111)90-53(30-20-24-34-80)69(105)87-49(14)68(104)99-65(47(12)17-3)79(115)95-57(38-42(4)5)74(110)94-59(40-60(100)101)73(109)88-48(13)67(103)96-62(43(6)7)77(113)92-55(32-22-26-36-82)70(106)89-56(33-23-27-37-83)72(108)97-63(44(8)9)78(114)98-64(66(85)102)46(11)16-2/h18-19,28-29,41-49,53-59,61-65,86H,15-17,20-27,30-40,80-84H2,1-14H3,(H2,85,102)(H,87,105)(H,88,109)(H,89,106)(H,90,111)(H,91,112)(H,92,113)(H,93,107)(H,94,110)(H,95,115)(H,96,103)(H,97,108)(H,98,114)(H,99,104)(H,100,101)/t45-,46-,47-,48-,49-,53-,54-,55-,56-,57-,58-,59-,61-,62-,63-,64-,65-/m0/s1. The third-order valence-electron chi connectivity index (χ3n) is 20.6. The number of benzene rings is 1. The molecule has 2 rings (SSSR count). The molecular weight excluding hydrogens is 1480 g/mol. The number of H-pyrrole nitrogens is 1. The van der Waals surface area contributed by atoms with E-state index in [1.165, 1.54) is 13.8 Å². The van der Waals surface area contributed by atoms with E-state index in [2.05, 4.69) is 74.1 Å². The number of hydrogen-bond donors (Lipinski definition) is 21. The zero-order chi connectivity index (χ0) is 86.9. The van der Waals surface area contributed by atoms with Gasteiger partial charge in [0, 0.05) is 23.5 Å². The van der Waals surface area contributed by atoms with Crippen LogP contribution in [0.3, 0.4) is 0 Å². The van der Waals surface area contributed by atoms with Gasteiger partial charge in [0.1, 0.15) is 78.5 Å². The Labute approximate surface area is 677 Å². The molecule has 0 bridgehead atoms. The predicted octanol–water partition coefficient (Wildman–Crippen LogP) is -0.648. The summed E-state index contributed by atoms with van der Waals surface area (Å²) >= 11 is 0. The zero-order valence-corrected chi connectivity index (χ0v) is 70.0. The lowest BCUT2D eigenvalue weighted by Gasteiger charge is -2.30. The number of para-hydroxylation sites is 1. The smallest absolute Gasteiger partial charge is 0.305 e. The lowest BCUT2D eigenvalue weighted by atomic mass is 9.96. The number of primary amides is 1. The number of aromatic amines is 1. The monoisotopic (exact) mass is 1620 g/mol. The second-order valence-corrected chi connectivity index (χ2v) is 31.3. The summed E-state index contributed by atoms with van der Waals surface area (Å²) in [6.45, 7) is 24.3. The van der Waals surface area contributed by atoms with E-state index in [1.54, 1.807) is 68.5 Å². The number of fused-ring (bicyclic) bond motifs is 1. The molecule has 650 valence electrons. The predicted molar refractivity (Wildman–Crippen MR) is 437 cm³/mol. The van der Waals surface area contributed by atoms with E-state index in [0.29, 0.717) is 82.7 Å². The van der Waals surface area contributed by atoms with Crippen LogP contribution in [0.4, 0.5) is 0 Å². The maximum Gasteiger partial charge on any atom is 0.305 e. The van der Waals surface area contributed by atoms with Gasteiger partial charge < -0.3 is 114 Å². The lowest BCUT2D eigenvalue weighted by molar-refractivity contribution is -0.141. The number of rotatable bonds is 57.